The highest BCUT2D eigenvalue weighted by Crippen LogP contribution is 1.89. The van der Waals surface area contributed by atoms with Crippen molar-refractivity contribution in [2.45, 2.75) is 12.6 Å². The molecule has 0 saturated carbocycles. The first kappa shape index (κ1) is 9.95. The van der Waals surface area contributed by atoms with E-state index in [9.17, 15) is 9.90 Å². The minimum absolute atomic E-state index is 0.113. The maximum atomic E-state index is 11.2. The van der Waals surface area contributed by atoms with Crippen molar-refractivity contribution >= 4 is 0 Å². The Kier molecular flexibility index (Phi) is 3.67. The fourth-order valence-corrected chi connectivity index (χ4v) is 1.08. The number of pyridine rings is 1. The highest BCUT2D eigenvalue weighted by atomic mass is 16.5. The van der Waals surface area contributed by atoms with E-state index in [4.69, 9.17) is 4.74 Å². The third kappa shape index (κ3) is 3.01. The van der Waals surface area contributed by atoms with Crippen LogP contribution in [0.5, 0.6) is 0 Å². The van der Waals surface area contributed by atoms with Gasteiger partial charge in [-0.2, -0.15) is 0 Å². The molecule has 13 heavy (non-hydrogen) atoms. The van der Waals surface area contributed by atoms with Crippen LogP contribution in [-0.4, -0.2) is 29.5 Å². The average Bonchev–Trinajstić information content (AvgIpc) is 2.09. The highest BCUT2D eigenvalue weighted by molar-refractivity contribution is 4.93. The van der Waals surface area contributed by atoms with Gasteiger partial charge in [-0.05, 0) is 6.07 Å². The standard InChI is InChI=1S/C9H13NO3/c1-13-7-8(11)6-10-5-3-2-4-9(10)12/h2-5,8,11H,6-7H2,1H3. The van der Waals surface area contributed by atoms with Crippen molar-refractivity contribution in [3.8, 4) is 0 Å². The number of hydrogen-bond donors (Lipinski definition) is 1. The lowest BCUT2D eigenvalue weighted by molar-refractivity contribution is 0.0530. The summed E-state index contributed by atoms with van der Waals surface area (Å²) in [6.45, 7) is 0.509. The quantitative estimate of drug-likeness (QED) is 0.706. The van der Waals surface area contributed by atoms with Crippen LogP contribution in [0, 0.1) is 0 Å². The summed E-state index contributed by atoms with van der Waals surface area (Å²) in [5, 5.41) is 9.34. The molecule has 0 aliphatic carbocycles. The summed E-state index contributed by atoms with van der Waals surface area (Å²) >= 11 is 0. The Bertz CT molecular complexity index is 308. The van der Waals surface area contributed by atoms with Gasteiger partial charge in [-0.15, -0.1) is 0 Å². The monoisotopic (exact) mass is 183 g/mol. The maximum Gasteiger partial charge on any atom is 0.250 e. The summed E-state index contributed by atoms with van der Waals surface area (Å²) in [6.07, 6.45) is 1.01. The molecule has 1 N–H and O–H groups in total. The van der Waals surface area contributed by atoms with Gasteiger partial charge < -0.3 is 14.4 Å². The minimum atomic E-state index is -0.634. The largest absolute Gasteiger partial charge is 0.389 e. The number of rotatable bonds is 4. The second kappa shape index (κ2) is 4.79. The molecular formula is C9H13NO3. The molecule has 0 aliphatic heterocycles. The average molecular weight is 183 g/mol. The Morgan fingerprint density at radius 2 is 2.38 bits per heavy atom. The van der Waals surface area contributed by atoms with E-state index in [2.05, 4.69) is 0 Å². The normalized spacial score (nSPS) is 12.8. The number of aliphatic hydroxyl groups excluding tert-OH is 1. The molecule has 0 radical (unpaired) electrons. The van der Waals surface area contributed by atoms with Gasteiger partial charge in [0.15, 0.2) is 0 Å². The van der Waals surface area contributed by atoms with Crippen molar-refractivity contribution in [3.05, 3.63) is 34.7 Å². The second-order valence-electron chi connectivity index (χ2n) is 2.80. The summed E-state index contributed by atoms with van der Waals surface area (Å²) in [4.78, 5) is 11.2. The van der Waals surface area contributed by atoms with Gasteiger partial charge in [-0.3, -0.25) is 4.79 Å². The zero-order valence-electron chi connectivity index (χ0n) is 7.51. The minimum Gasteiger partial charge on any atom is -0.389 e. The first-order valence-corrected chi connectivity index (χ1v) is 4.06. The van der Waals surface area contributed by atoms with Crippen molar-refractivity contribution in [1.82, 2.24) is 4.57 Å². The van der Waals surface area contributed by atoms with Crippen LogP contribution in [-0.2, 0) is 11.3 Å². The van der Waals surface area contributed by atoms with Crippen molar-refractivity contribution in [1.29, 1.82) is 0 Å². The lowest BCUT2D eigenvalue weighted by atomic mass is 10.3. The Hall–Kier alpha value is -1.13. The van der Waals surface area contributed by atoms with Crippen molar-refractivity contribution in [3.63, 3.8) is 0 Å². The van der Waals surface area contributed by atoms with Gasteiger partial charge in [0.2, 0.25) is 0 Å². The number of hydrogen-bond acceptors (Lipinski definition) is 3. The van der Waals surface area contributed by atoms with Crippen LogP contribution in [0.2, 0.25) is 0 Å². The fraction of sp³-hybridized carbons (Fsp3) is 0.444. The third-order valence-electron chi connectivity index (χ3n) is 1.67. The van der Waals surface area contributed by atoms with E-state index < -0.39 is 6.10 Å². The molecule has 1 atom stereocenters. The van der Waals surface area contributed by atoms with Crippen LogP contribution < -0.4 is 5.56 Å². The zero-order valence-corrected chi connectivity index (χ0v) is 7.51. The number of aromatic nitrogens is 1. The molecule has 0 amide bonds. The molecule has 1 aromatic rings. The molecule has 4 heteroatoms. The number of methoxy groups -OCH3 is 1. The number of nitrogens with zero attached hydrogens (tertiary/aromatic N) is 1. The molecule has 4 nitrogen and oxygen atoms in total. The van der Waals surface area contributed by atoms with E-state index in [1.165, 1.54) is 17.7 Å². The molecule has 0 aromatic carbocycles. The van der Waals surface area contributed by atoms with Crippen LogP contribution in [0.25, 0.3) is 0 Å². The van der Waals surface area contributed by atoms with E-state index in [1.54, 1.807) is 18.3 Å². The van der Waals surface area contributed by atoms with Gasteiger partial charge in [0.25, 0.3) is 5.56 Å². The molecule has 1 rings (SSSR count). The van der Waals surface area contributed by atoms with Crippen LogP contribution >= 0.6 is 0 Å². The topological polar surface area (TPSA) is 51.5 Å². The highest BCUT2D eigenvalue weighted by Gasteiger charge is 2.04. The predicted octanol–water partition coefficient (Wildman–Crippen LogP) is -0.144. The van der Waals surface area contributed by atoms with Crippen molar-refractivity contribution < 1.29 is 9.84 Å². The van der Waals surface area contributed by atoms with Gasteiger partial charge >= 0.3 is 0 Å². The fourth-order valence-electron chi connectivity index (χ4n) is 1.08. The molecule has 0 bridgehead atoms. The Labute approximate surface area is 76.4 Å². The van der Waals surface area contributed by atoms with Gasteiger partial charge in [0.1, 0.15) is 0 Å². The lowest BCUT2D eigenvalue weighted by Crippen LogP contribution is -2.27. The Morgan fingerprint density at radius 1 is 1.62 bits per heavy atom. The van der Waals surface area contributed by atoms with E-state index in [0.29, 0.717) is 0 Å². The van der Waals surface area contributed by atoms with Gasteiger partial charge in [-0.25, -0.2) is 0 Å². The molecule has 1 unspecified atom stereocenters. The molecule has 0 saturated heterocycles. The first-order valence-electron chi connectivity index (χ1n) is 4.06. The van der Waals surface area contributed by atoms with E-state index in [-0.39, 0.29) is 18.7 Å². The molecule has 72 valence electrons. The molecular weight excluding hydrogens is 170 g/mol. The van der Waals surface area contributed by atoms with E-state index in [1.807, 2.05) is 0 Å². The van der Waals surface area contributed by atoms with Crippen LogP contribution in [0.1, 0.15) is 0 Å². The first-order chi connectivity index (χ1) is 6.24. The van der Waals surface area contributed by atoms with Crippen LogP contribution in [0.3, 0.4) is 0 Å². The summed E-state index contributed by atoms with van der Waals surface area (Å²) in [5.74, 6) is 0. The van der Waals surface area contributed by atoms with E-state index in [0.717, 1.165) is 0 Å². The SMILES string of the molecule is COCC(O)Cn1ccccc1=O. The smallest absolute Gasteiger partial charge is 0.250 e. The number of aliphatic hydroxyl groups is 1. The predicted molar refractivity (Wildman–Crippen MR) is 48.6 cm³/mol. The lowest BCUT2D eigenvalue weighted by Gasteiger charge is -2.10. The Morgan fingerprint density at radius 3 is 3.00 bits per heavy atom. The number of ether oxygens (including phenoxy) is 1. The molecule has 0 aliphatic rings. The zero-order chi connectivity index (χ0) is 9.68. The summed E-state index contributed by atoms with van der Waals surface area (Å²) in [6, 6.07) is 4.88. The summed E-state index contributed by atoms with van der Waals surface area (Å²) in [5.41, 5.74) is -0.113. The third-order valence-corrected chi connectivity index (χ3v) is 1.67. The Balaban J connectivity index is 2.63. The van der Waals surface area contributed by atoms with Crippen molar-refractivity contribution in [2.75, 3.05) is 13.7 Å². The van der Waals surface area contributed by atoms with Crippen LogP contribution in [0.4, 0.5) is 0 Å². The van der Waals surface area contributed by atoms with Crippen LogP contribution in [0.15, 0.2) is 29.2 Å². The molecule has 1 heterocycles. The molecule has 0 spiro atoms. The van der Waals surface area contributed by atoms with Gasteiger partial charge in [0.05, 0.1) is 19.3 Å². The van der Waals surface area contributed by atoms with E-state index >= 15 is 0 Å². The summed E-state index contributed by atoms with van der Waals surface area (Å²) in [7, 11) is 1.51. The molecule has 0 fully saturated rings. The van der Waals surface area contributed by atoms with Gasteiger partial charge in [-0.1, -0.05) is 6.07 Å². The van der Waals surface area contributed by atoms with Crippen molar-refractivity contribution in [2.24, 2.45) is 0 Å². The van der Waals surface area contributed by atoms with Gasteiger partial charge in [0, 0.05) is 19.4 Å². The second-order valence-corrected chi connectivity index (χ2v) is 2.80. The molecule has 1 aromatic heterocycles. The maximum absolute atomic E-state index is 11.2. The summed E-state index contributed by atoms with van der Waals surface area (Å²) < 4.78 is 6.20.